The van der Waals surface area contributed by atoms with Crippen LogP contribution in [-0.4, -0.2) is 28.6 Å². The van der Waals surface area contributed by atoms with Crippen LogP contribution in [0.1, 0.15) is 16.5 Å². The second-order valence-corrected chi connectivity index (χ2v) is 7.98. The van der Waals surface area contributed by atoms with Crippen molar-refractivity contribution in [1.29, 1.82) is 0 Å². The molecule has 2 fully saturated rings. The molecule has 0 bridgehead atoms. The molecular weight excluding hydrogens is 388 g/mol. The lowest BCUT2D eigenvalue weighted by atomic mass is 10.2. The van der Waals surface area contributed by atoms with E-state index in [4.69, 9.17) is 0 Å². The number of aryl methyl sites for hydroxylation is 1. The molecule has 6 heteroatoms. The Hall–Kier alpha value is -1.79. The number of thioether (sulfide) groups is 1. The Bertz CT molecular complexity index is 824. The largest absolute Gasteiger partial charge is 0.333 e. The van der Waals surface area contributed by atoms with Crippen LogP contribution < -0.4 is 4.90 Å². The minimum Gasteiger partial charge on any atom is -0.295 e. The molecule has 0 spiro atoms. The zero-order valence-corrected chi connectivity index (χ0v) is 15.4. The maximum absolute atomic E-state index is 13.0. The van der Waals surface area contributed by atoms with Gasteiger partial charge in [-0.2, -0.15) is 0 Å². The van der Waals surface area contributed by atoms with E-state index in [1.165, 1.54) is 4.90 Å². The zero-order chi connectivity index (χ0) is 16.8. The molecule has 0 aromatic heterocycles. The number of hydrogen-bond donors (Lipinski definition) is 0. The van der Waals surface area contributed by atoms with Crippen LogP contribution in [0.4, 0.5) is 10.5 Å². The van der Waals surface area contributed by atoms with Crippen LogP contribution >= 0.6 is 27.7 Å². The van der Waals surface area contributed by atoms with E-state index in [9.17, 15) is 9.59 Å². The molecule has 122 valence electrons. The van der Waals surface area contributed by atoms with E-state index in [0.29, 0.717) is 11.4 Å². The highest BCUT2D eigenvalue weighted by Gasteiger charge is 2.53. The van der Waals surface area contributed by atoms with Gasteiger partial charge in [-0.25, -0.2) is 9.69 Å². The summed E-state index contributed by atoms with van der Waals surface area (Å²) in [5.74, 6) is 0.505. The Kier molecular flexibility index (Phi) is 3.89. The maximum atomic E-state index is 13.0. The van der Waals surface area contributed by atoms with Gasteiger partial charge >= 0.3 is 6.03 Å². The van der Waals surface area contributed by atoms with Crippen LogP contribution in [0.3, 0.4) is 0 Å². The van der Waals surface area contributed by atoms with E-state index in [-0.39, 0.29) is 23.4 Å². The lowest BCUT2D eigenvalue weighted by Gasteiger charge is -2.23. The number of imide groups is 1. The third-order valence-corrected chi connectivity index (χ3v) is 6.18. The predicted molar refractivity (Wildman–Crippen MR) is 99.0 cm³/mol. The maximum Gasteiger partial charge on any atom is 0.333 e. The fraction of sp³-hybridized carbons (Fsp3) is 0.222. The fourth-order valence-corrected chi connectivity index (χ4v) is 4.86. The Morgan fingerprint density at radius 3 is 2.58 bits per heavy atom. The smallest absolute Gasteiger partial charge is 0.295 e. The van der Waals surface area contributed by atoms with Crippen LogP contribution in [-0.2, 0) is 4.79 Å². The van der Waals surface area contributed by atoms with Gasteiger partial charge in [-0.3, -0.25) is 9.69 Å². The van der Waals surface area contributed by atoms with Crippen LogP contribution in [0.25, 0.3) is 0 Å². The highest BCUT2D eigenvalue weighted by Crippen LogP contribution is 2.46. The summed E-state index contributed by atoms with van der Waals surface area (Å²) in [6, 6.07) is 14.8. The van der Waals surface area contributed by atoms with E-state index in [1.54, 1.807) is 16.7 Å². The first-order chi connectivity index (χ1) is 11.6. The molecule has 0 saturated carbocycles. The Morgan fingerprint density at radius 2 is 1.88 bits per heavy atom. The summed E-state index contributed by atoms with van der Waals surface area (Å²) >= 11 is 5.07. The van der Waals surface area contributed by atoms with Crippen molar-refractivity contribution in [3.63, 3.8) is 0 Å². The van der Waals surface area contributed by atoms with Gasteiger partial charge in [-0.15, -0.1) is 11.8 Å². The van der Waals surface area contributed by atoms with Crippen LogP contribution in [0.2, 0.25) is 0 Å². The molecule has 2 aromatic rings. The number of amides is 3. The van der Waals surface area contributed by atoms with E-state index < -0.39 is 0 Å². The van der Waals surface area contributed by atoms with Crippen molar-refractivity contribution in [3.8, 4) is 0 Å². The lowest BCUT2D eigenvalue weighted by Crippen LogP contribution is -2.33. The highest BCUT2D eigenvalue weighted by atomic mass is 79.9. The first kappa shape index (κ1) is 15.7. The monoisotopic (exact) mass is 402 g/mol. The van der Waals surface area contributed by atoms with Crippen molar-refractivity contribution in [2.75, 3.05) is 10.7 Å². The van der Waals surface area contributed by atoms with E-state index in [0.717, 1.165) is 15.6 Å². The zero-order valence-electron chi connectivity index (χ0n) is 13.0. The summed E-state index contributed by atoms with van der Waals surface area (Å²) < 4.78 is 0.996. The van der Waals surface area contributed by atoms with Gasteiger partial charge in [0, 0.05) is 10.2 Å². The second-order valence-electron chi connectivity index (χ2n) is 5.96. The normalized spacial score (nSPS) is 23.1. The molecule has 0 aliphatic carbocycles. The Balaban J connectivity index is 1.69. The van der Waals surface area contributed by atoms with E-state index >= 15 is 0 Å². The van der Waals surface area contributed by atoms with E-state index in [1.807, 2.05) is 55.5 Å². The molecule has 2 aromatic carbocycles. The van der Waals surface area contributed by atoms with Gasteiger partial charge in [0.25, 0.3) is 5.91 Å². The van der Waals surface area contributed by atoms with Gasteiger partial charge in [0.05, 0.1) is 5.69 Å². The predicted octanol–water partition coefficient (Wildman–Crippen LogP) is 4.34. The van der Waals surface area contributed by atoms with Crippen LogP contribution in [0, 0.1) is 6.92 Å². The number of benzene rings is 2. The topological polar surface area (TPSA) is 40.6 Å². The standard InChI is InChI=1S/C18H15BrN2O2S/c1-11-3-2-4-14(9-11)20-16(22)15-10-24-17(21(15)18(20)23)12-5-7-13(19)8-6-12/h2-9,15,17H,10H2,1H3/t15-,17?/m0/s1. The molecule has 4 nitrogen and oxygen atoms in total. The number of halogens is 1. The number of carbonyl (C=O) groups is 2. The van der Waals surface area contributed by atoms with Gasteiger partial charge in [0.15, 0.2) is 0 Å². The summed E-state index contributed by atoms with van der Waals surface area (Å²) in [4.78, 5) is 28.8. The molecule has 2 atom stereocenters. The molecule has 2 aliphatic rings. The number of urea groups is 1. The van der Waals surface area contributed by atoms with E-state index in [2.05, 4.69) is 15.9 Å². The summed E-state index contributed by atoms with van der Waals surface area (Å²) in [5.41, 5.74) is 2.72. The Morgan fingerprint density at radius 1 is 1.12 bits per heavy atom. The van der Waals surface area contributed by atoms with Crippen LogP contribution in [0.15, 0.2) is 53.0 Å². The molecule has 3 amide bonds. The molecule has 4 rings (SSSR count). The second kappa shape index (κ2) is 5.93. The van der Waals surface area contributed by atoms with Gasteiger partial charge in [0.2, 0.25) is 0 Å². The van der Waals surface area contributed by atoms with Crippen molar-refractivity contribution in [3.05, 3.63) is 64.1 Å². The summed E-state index contributed by atoms with van der Waals surface area (Å²) in [7, 11) is 0. The number of anilines is 1. The minimum atomic E-state index is -0.378. The average Bonchev–Trinajstić information content (AvgIpc) is 3.09. The molecule has 0 radical (unpaired) electrons. The highest BCUT2D eigenvalue weighted by molar-refractivity contribution is 9.10. The van der Waals surface area contributed by atoms with Crippen molar-refractivity contribution in [2.24, 2.45) is 0 Å². The van der Waals surface area contributed by atoms with Gasteiger partial charge in [0.1, 0.15) is 11.4 Å². The Labute approximate surface area is 152 Å². The molecule has 24 heavy (non-hydrogen) atoms. The van der Waals surface area contributed by atoms with Crippen molar-refractivity contribution in [2.45, 2.75) is 18.3 Å². The SMILES string of the molecule is Cc1cccc(N2C(=O)[C@@H]3CSC(c4ccc(Br)cc4)N3C2=O)c1. The van der Waals surface area contributed by atoms with Gasteiger partial charge in [-0.1, -0.05) is 40.2 Å². The summed E-state index contributed by atoms with van der Waals surface area (Å²) in [6.45, 7) is 1.95. The summed E-state index contributed by atoms with van der Waals surface area (Å²) in [5, 5.41) is -0.116. The molecule has 1 unspecified atom stereocenters. The summed E-state index contributed by atoms with van der Waals surface area (Å²) in [6.07, 6.45) is 0. The molecule has 2 saturated heterocycles. The van der Waals surface area contributed by atoms with Gasteiger partial charge < -0.3 is 0 Å². The first-order valence-electron chi connectivity index (χ1n) is 7.66. The number of carbonyl (C=O) groups excluding carboxylic acids is 2. The molecule has 2 aliphatic heterocycles. The molecular formula is C18H15BrN2O2S. The first-order valence-corrected chi connectivity index (χ1v) is 9.50. The third kappa shape index (κ3) is 2.45. The third-order valence-electron chi connectivity index (χ3n) is 4.33. The quantitative estimate of drug-likeness (QED) is 0.701. The van der Waals surface area contributed by atoms with Crippen molar-refractivity contribution in [1.82, 2.24) is 4.90 Å². The van der Waals surface area contributed by atoms with Crippen molar-refractivity contribution >= 4 is 45.3 Å². The average molecular weight is 403 g/mol. The molecule has 0 N–H and O–H groups in total. The minimum absolute atomic E-state index is 0.116. The lowest BCUT2D eigenvalue weighted by molar-refractivity contribution is -0.119. The number of fused-ring (bicyclic) bond motifs is 1. The number of nitrogens with zero attached hydrogens (tertiary/aromatic N) is 2. The van der Waals surface area contributed by atoms with Crippen LogP contribution in [0.5, 0.6) is 0 Å². The number of hydrogen-bond acceptors (Lipinski definition) is 3. The number of rotatable bonds is 2. The van der Waals surface area contributed by atoms with Crippen molar-refractivity contribution < 1.29 is 9.59 Å². The van der Waals surface area contributed by atoms with Gasteiger partial charge in [-0.05, 0) is 42.3 Å². The fourth-order valence-electron chi connectivity index (χ4n) is 3.18. The molecule has 2 heterocycles.